The number of esters is 1. The lowest BCUT2D eigenvalue weighted by atomic mass is 9.81. The number of likely N-dealkylation sites (tertiary alicyclic amines) is 1. The van der Waals surface area contributed by atoms with Gasteiger partial charge < -0.3 is 14.4 Å². The van der Waals surface area contributed by atoms with Gasteiger partial charge in [-0.3, -0.25) is 4.99 Å². The van der Waals surface area contributed by atoms with E-state index in [-0.39, 0.29) is 18.1 Å². The van der Waals surface area contributed by atoms with E-state index in [2.05, 4.69) is 25.7 Å². The van der Waals surface area contributed by atoms with Gasteiger partial charge in [0.15, 0.2) is 6.10 Å². The van der Waals surface area contributed by atoms with Gasteiger partial charge in [-0.05, 0) is 66.7 Å². The van der Waals surface area contributed by atoms with Crippen LogP contribution in [0.3, 0.4) is 0 Å². The highest BCUT2D eigenvalue weighted by Crippen LogP contribution is 2.36. The van der Waals surface area contributed by atoms with Crippen molar-refractivity contribution in [1.29, 1.82) is 0 Å². The zero-order valence-corrected chi connectivity index (χ0v) is 19.4. The van der Waals surface area contributed by atoms with Crippen LogP contribution in [0, 0.1) is 5.41 Å². The van der Waals surface area contributed by atoms with Gasteiger partial charge in [0, 0.05) is 36.5 Å². The van der Waals surface area contributed by atoms with Gasteiger partial charge in [0.05, 0.1) is 17.7 Å². The number of nitrogens with zero attached hydrogens (tertiary/aromatic N) is 2. The molecule has 0 spiro atoms. The number of dihydropyridines is 1. The molecular formula is C23H40N2O3. The first-order valence-electron chi connectivity index (χ1n) is 10.7. The summed E-state index contributed by atoms with van der Waals surface area (Å²) in [4.78, 5) is 20.3. The van der Waals surface area contributed by atoms with Crippen molar-refractivity contribution in [1.82, 2.24) is 4.90 Å². The van der Waals surface area contributed by atoms with Gasteiger partial charge in [-0.15, -0.1) is 0 Å². The molecule has 5 nitrogen and oxygen atoms in total. The first-order valence-corrected chi connectivity index (χ1v) is 10.7. The molecule has 0 bridgehead atoms. The number of carbonyl (C=O) groups excluding carboxylic acids is 1. The molecule has 0 aromatic rings. The zero-order chi connectivity index (χ0) is 21.3. The van der Waals surface area contributed by atoms with Gasteiger partial charge in [0.1, 0.15) is 0 Å². The van der Waals surface area contributed by atoms with Gasteiger partial charge in [-0.25, -0.2) is 4.79 Å². The fraction of sp³-hybridized carbons (Fsp3) is 0.826. The lowest BCUT2D eigenvalue weighted by Gasteiger charge is -2.42. The standard InChI is InChI=1S/C23H40N2O3/c1-15(2)27-21(26)20(28-22(5,6)7)19-17(4)24-16(3)14-18(19)25-12-10-23(8,9)11-13-25/h15-16,20H,10-14H2,1-9H3/t16?,20-/m0/s1. The maximum atomic E-state index is 13.0. The van der Waals surface area contributed by atoms with Crippen molar-refractivity contribution in [2.75, 3.05) is 13.1 Å². The van der Waals surface area contributed by atoms with Crippen LogP contribution in [-0.2, 0) is 14.3 Å². The Kier molecular flexibility index (Phi) is 7.01. The molecule has 0 saturated carbocycles. The maximum absolute atomic E-state index is 13.0. The number of ether oxygens (including phenoxy) is 2. The van der Waals surface area contributed by atoms with Gasteiger partial charge in [-0.2, -0.15) is 0 Å². The van der Waals surface area contributed by atoms with Crippen molar-refractivity contribution in [3.05, 3.63) is 11.3 Å². The van der Waals surface area contributed by atoms with Crippen LogP contribution in [0.4, 0.5) is 0 Å². The third-order valence-electron chi connectivity index (χ3n) is 5.40. The average Bonchev–Trinajstić information content (AvgIpc) is 2.51. The monoisotopic (exact) mass is 392 g/mol. The highest BCUT2D eigenvalue weighted by Gasteiger charge is 2.38. The second-order valence-electron chi connectivity index (χ2n) is 10.4. The van der Waals surface area contributed by atoms with E-state index < -0.39 is 11.7 Å². The molecule has 0 aliphatic carbocycles. The van der Waals surface area contributed by atoms with E-state index in [1.807, 2.05) is 41.5 Å². The Morgan fingerprint density at radius 1 is 1.21 bits per heavy atom. The number of rotatable bonds is 5. The number of piperidine rings is 1. The first kappa shape index (κ1) is 22.9. The molecule has 0 radical (unpaired) electrons. The molecule has 0 aromatic heterocycles. The summed E-state index contributed by atoms with van der Waals surface area (Å²) >= 11 is 0. The molecule has 1 fully saturated rings. The van der Waals surface area contributed by atoms with E-state index in [1.54, 1.807) is 0 Å². The predicted molar refractivity (Wildman–Crippen MR) is 115 cm³/mol. The van der Waals surface area contributed by atoms with Crippen LogP contribution >= 0.6 is 0 Å². The summed E-state index contributed by atoms with van der Waals surface area (Å²) in [7, 11) is 0. The quantitative estimate of drug-likeness (QED) is 0.634. The summed E-state index contributed by atoms with van der Waals surface area (Å²) in [6.07, 6.45) is 2.21. The molecule has 1 unspecified atom stereocenters. The minimum absolute atomic E-state index is 0.182. The molecule has 2 rings (SSSR count). The highest BCUT2D eigenvalue weighted by molar-refractivity contribution is 6.05. The van der Waals surface area contributed by atoms with Crippen molar-refractivity contribution < 1.29 is 14.3 Å². The normalized spacial score (nSPS) is 24.3. The summed E-state index contributed by atoms with van der Waals surface area (Å²) in [6.45, 7) is 20.5. The lowest BCUT2D eigenvalue weighted by Crippen LogP contribution is -2.44. The summed E-state index contributed by atoms with van der Waals surface area (Å²) in [6, 6.07) is 0.213. The Morgan fingerprint density at radius 2 is 1.79 bits per heavy atom. The maximum Gasteiger partial charge on any atom is 0.340 e. The van der Waals surface area contributed by atoms with Crippen LogP contribution in [0.15, 0.2) is 16.3 Å². The summed E-state index contributed by atoms with van der Waals surface area (Å²) < 4.78 is 11.9. The van der Waals surface area contributed by atoms with Crippen LogP contribution in [0.5, 0.6) is 0 Å². The van der Waals surface area contributed by atoms with Crippen LogP contribution in [0.2, 0.25) is 0 Å². The number of hydrogen-bond donors (Lipinski definition) is 0. The van der Waals surface area contributed by atoms with Crippen molar-refractivity contribution >= 4 is 11.7 Å². The fourth-order valence-electron chi connectivity index (χ4n) is 3.94. The number of carbonyl (C=O) groups is 1. The minimum Gasteiger partial charge on any atom is -0.461 e. The topological polar surface area (TPSA) is 51.1 Å². The first-order chi connectivity index (χ1) is 12.8. The lowest BCUT2D eigenvalue weighted by molar-refractivity contribution is -0.165. The van der Waals surface area contributed by atoms with Gasteiger partial charge in [-0.1, -0.05) is 13.8 Å². The van der Waals surface area contributed by atoms with Gasteiger partial charge in [0.25, 0.3) is 0 Å². The second kappa shape index (κ2) is 8.56. The second-order valence-corrected chi connectivity index (χ2v) is 10.4. The Labute approximate surface area is 171 Å². The minimum atomic E-state index is -0.747. The predicted octanol–water partition coefficient (Wildman–Crippen LogP) is 4.75. The summed E-state index contributed by atoms with van der Waals surface area (Å²) in [5.74, 6) is -0.320. The SMILES string of the molecule is CC1=NC(C)CC(N2CCC(C)(C)CC2)=C1[C@H](OC(C)(C)C)C(=O)OC(C)C. The third-order valence-corrected chi connectivity index (χ3v) is 5.40. The molecule has 0 amide bonds. The smallest absolute Gasteiger partial charge is 0.340 e. The third kappa shape index (κ3) is 6.07. The van der Waals surface area contributed by atoms with E-state index in [0.29, 0.717) is 5.41 Å². The molecule has 2 aliphatic heterocycles. The van der Waals surface area contributed by atoms with Crippen molar-refractivity contribution in [2.45, 2.75) is 105 Å². The number of aliphatic imine (C=N–C) groups is 1. The van der Waals surface area contributed by atoms with E-state index in [4.69, 9.17) is 14.5 Å². The van der Waals surface area contributed by atoms with Gasteiger partial charge >= 0.3 is 5.97 Å². The molecule has 0 aromatic carbocycles. The molecule has 28 heavy (non-hydrogen) atoms. The average molecular weight is 393 g/mol. The molecule has 2 heterocycles. The molecule has 0 N–H and O–H groups in total. The Morgan fingerprint density at radius 3 is 2.29 bits per heavy atom. The molecule has 160 valence electrons. The molecule has 2 atom stereocenters. The number of hydrogen-bond acceptors (Lipinski definition) is 5. The van der Waals surface area contributed by atoms with E-state index in [1.165, 1.54) is 5.70 Å². The van der Waals surface area contributed by atoms with Crippen molar-refractivity contribution in [2.24, 2.45) is 10.4 Å². The largest absolute Gasteiger partial charge is 0.461 e. The molecular weight excluding hydrogens is 352 g/mol. The van der Waals surface area contributed by atoms with E-state index in [0.717, 1.165) is 43.6 Å². The van der Waals surface area contributed by atoms with Crippen LogP contribution < -0.4 is 0 Å². The zero-order valence-electron chi connectivity index (χ0n) is 19.4. The summed E-state index contributed by atoms with van der Waals surface area (Å²) in [5, 5.41) is 0. The van der Waals surface area contributed by atoms with Crippen molar-refractivity contribution in [3.8, 4) is 0 Å². The Balaban J connectivity index is 2.46. The summed E-state index contributed by atoms with van der Waals surface area (Å²) in [5.41, 5.74) is 2.93. The van der Waals surface area contributed by atoms with Crippen LogP contribution in [0.25, 0.3) is 0 Å². The molecule has 1 saturated heterocycles. The Hall–Kier alpha value is -1.36. The molecule has 2 aliphatic rings. The van der Waals surface area contributed by atoms with Crippen LogP contribution in [-0.4, -0.2) is 53.5 Å². The van der Waals surface area contributed by atoms with E-state index in [9.17, 15) is 4.79 Å². The van der Waals surface area contributed by atoms with Crippen LogP contribution in [0.1, 0.15) is 81.6 Å². The highest BCUT2D eigenvalue weighted by atomic mass is 16.6. The van der Waals surface area contributed by atoms with Gasteiger partial charge in [0.2, 0.25) is 0 Å². The Bertz CT molecular complexity index is 631. The fourth-order valence-corrected chi connectivity index (χ4v) is 3.94. The molecule has 5 heteroatoms. The van der Waals surface area contributed by atoms with E-state index >= 15 is 0 Å². The van der Waals surface area contributed by atoms with Crippen molar-refractivity contribution in [3.63, 3.8) is 0 Å².